The molecule has 1 aliphatic rings. The Morgan fingerprint density at radius 1 is 1.00 bits per heavy atom. The Kier molecular flexibility index (Phi) is 4.38. The Labute approximate surface area is 124 Å². The van der Waals surface area contributed by atoms with Crippen molar-refractivity contribution >= 4 is 0 Å². The maximum Gasteiger partial charge on any atom is 0.161 e. The highest BCUT2D eigenvalue weighted by Gasteiger charge is 2.16. The summed E-state index contributed by atoms with van der Waals surface area (Å²) in [5, 5.41) is 0. The first-order valence-electron chi connectivity index (χ1n) is 7.26. The highest BCUT2D eigenvalue weighted by molar-refractivity contribution is 5.44. The molecule has 2 aromatic carbocycles. The fraction of sp³-hybridized carbons (Fsp3) is 0.294. The van der Waals surface area contributed by atoms with E-state index in [1.54, 1.807) is 0 Å². The number of hydrogen-bond donors (Lipinski definition) is 2. The molecule has 4 nitrogen and oxygen atoms in total. The van der Waals surface area contributed by atoms with Gasteiger partial charge in [-0.25, -0.2) is 0 Å². The van der Waals surface area contributed by atoms with E-state index in [2.05, 4.69) is 17.6 Å². The van der Waals surface area contributed by atoms with Crippen LogP contribution in [0.25, 0.3) is 0 Å². The molecule has 1 atom stereocenters. The molecule has 3 N–H and O–H groups in total. The van der Waals surface area contributed by atoms with Crippen molar-refractivity contribution < 1.29 is 9.47 Å². The van der Waals surface area contributed by atoms with E-state index in [0.29, 0.717) is 13.2 Å². The summed E-state index contributed by atoms with van der Waals surface area (Å²) < 4.78 is 11.4. The number of fused-ring (bicyclic) bond motifs is 1. The van der Waals surface area contributed by atoms with Crippen molar-refractivity contribution in [3.05, 3.63) is 59.7 Å². The molecule has 0 fully saturated rings. The predicted molar refractivity (Wildman–Crippen MR) is 82.3 cm³/mol. The molecular formula is C17H20N2O2. The van der Waals surface area contributed by atoms with Gasteiger partial charge in [0.2, 0.25) is 0 Å². The van der Waals surface area contributed by atoms with Crippen molar-refractivity contribution in [2.45, 2.75) is 18.9 Å². The zero-order valence-corrected chi connectivity index (χ0v) is 11.9. The van der Waals surface area contributed by atoms with Crippen LogP contribution in [-0.2, 0) is 6.42 Å². The summed E-state index contributed by atoms with van der Waals surface area (Å²) in [5.74, 6) is 7.35. The fourth-order valence-electron chi connectivity index (χ4n) is 2.52. The SMILES string of the molecule is NNC(Cc1ccccc1)c1ccc2c(c1)OCCCO2. The minimum Gasteiger partial charge on any atom is -0.490 e. The van der Waals surface area contributed by atoms with Crippen molar-refractivity contribution in [3.63, 3.8) is 0 Å². The first-order valence-corrected chi connectivity index (χ1v) is 7.26. The first-order chi connectivity index (χ1) is 10.4. The van der Waals surface area contributed by atoms with Gasteiger partial charge < -0.3 is 9.47 Å². The van der Waals surface area contributed by atoms with Crippen molar-refractivity contribution in [3.8, 4) is 11.5 Å². The maximum absolute atomic E-state index is 5.74. The van der Waals surface area contributed by atoms with Crippen molar-refractivity contribution in [1.82, 2.24) is 5.43 Å². The molecular weight excluding hydrogens is 264 g/mol. The smallest absolute Gasteiger partial charge is 0.161 e. The predicted octanol–water partition coefficient (Wildman–Crippen LogP) is 2.60. The second-order valence-electron chi connectivity index (χ2n) is 5.17. The van der Waals surface area contributed by atoms with E-state index in [1.165, 1.54) is 5.56 Å². The average molecular weight is 284 g/mol. The molecule has 0 saturated heterocycles. The molecule has 21 heavy (non-hydrogen) atoms. The number of rotatable bonds is 4. The lowest BCUT2D eigenvalue weighted by molar-refractivity contribution is 0.297. The Morgan fingerprint density at radius 3 is 2.52 bits per heavy atom. The van der Waals surface area contributed by atoms with Crippen LogP contribution in [0, 0.1) is 0 Å². The van der Waals surface area contributed by atoms with Gasteiger partial charge in [0.1, 0.15) is 0 Å². The van der Waals surface area contributed by atoms with Gasteiger partial charge in [0, 0.05) is 6.42 Å². The summed E-state index contributed by atoms with van der Waals surface area (Å²) in [6.45, 7) is 1.39. The molecule has 0 amide bonds. The molecule has 110 valence electrons. The molecule has 0 spiro atoms. The second-order valence-corrected chi connectivity index (χ2v) is 5.17. The van der Waals surface area contributed by atoms with Crippen LogP contribution >= 0.6 is 0 Å². The second kappa shape index (κ2) is 6.61. The lowest BCUT2D eigenvalue weighted by atomic mass is 9.99. The Morgan fingerprint density at radius 2 is 1.76 bits per heavy atom. The van der Waals surface area contributed by atoms with Gasteiger partial charge in [-0.3, -0.25) is 11.3 Å². The van der Waals surface area contributed by atoms with E-state index in [0.717, 1.165) is 29.9 Å². The summed E-state index contributed by atoms with van der Waals surface area (Å²) in [6, 6.07) is 16.4. The highest BCUT2D eigenvalue weighted by atomic mass is 16.5. The van der Waals surface area contributed by atoms with Crippen LogP contribution in [0.4, 0.5) is 0 Å². The van der Waals surface area contributed by atoms with Crippen molar-refractivity contribution in [1.29, 1.82) is 0 Å². The Balaban J connectivity index is 1.82. The highest BCUT2D eigenvalue weighted by Crippen LogP contribution is 2.32. The minimum atomic E-state index is 0.0459. The van der Waals surface area contributed by atoms with Crippen LogP contribution in [0.1, 0.15) is 23.6 Å². The standard InChI is InChI=1S/C17H20N2O2/c18-19-15(11-13-5-2-1-3-6-13)14-7-8-16-17(12-14)21-10-4-9-20-16/h1-3,5-8,12,15,19H,4,9-11,18H2. The van der Waals surface area contributed by atoms with Gasteiger partial charge in [-0.15, -0.1) is 0 Å². The number of nitrogens with two attached hydrogens (primary N) is 1. The van der Waals surface area contributed by atoms with E-state index >= 15 is 0 Å². The summed E-state index contributed by atoms with van der Waals surface area (Å²) in [4.78, 5) is 0. The van der Waals surface area contributed by atoms with Gasteiger partial charge in [-0.2, -0.15) is 0 Å². The molecule has 0 bridgehead atoms. The molecule has 0 aliphatic carbocycles. The number of benzene rings is 2. The molecule has 0 aromatic heterocycles. The molecule has 1 aliphatic heterocycles. The monoisotopic (exact) mass is 284 g/mol. The number of hydrazine groups is 1. The third-order valence-corrected chi connectivity index (χ3v) is 3.66. The molecule has 1 unspecified atom stereocenters. The first kappa shape index (κ1) is 13.9. The minimum absolute atomic E-state index is 0.0459. The van der Waals surface area contributed by atoms with Gasteiger partial charge in [0.05, 0.1) is 19.3 Å². The third kappa shape index (κ3) is 3.35. The summed E-state index contributed by atoms with van der Waals surface area (Å²) in [6.07, 6.45) is 1.74. The van der Waals surface area contributed by atoms with E-state index in [4.69, 9.17) is 15.3 Å². The van der Waals surface area contributed by atoms with Gasteiger partial charge in [-0.05, 0) is 29.7 Å². The van der Waals surface area contributed by atoms with Crippen LogP contribution < -0.4 is 20.7 Å². The van der Waals surface area contributed by atoms with Gasteiger partial charge in [0.15, 0.2) is 11.5 Å². The molecule has 4 heteroatoms. The molecule has 3 rings (SSSR count). The summed E-state index contributed by atoms with van der Waals surface area (Å²) in [5.41, 5.74) is 5.24. The summed E-state index contributed by atoms with van der Waals surface area (Å²) >= 11 is 0. The number of hydrogen-bond acceptors (Lipinski definition) is 4. The third-order valence-electron chi connectivity index (χ3n) is 3.66. The zero-order chi connectivity index (χ0) is 14.5. The van der Waals surface area contributed by atoms with Gasteiger partial charge >= 0.3 is 0 Å². The van der Waals surface area contributed by atoms with Crippen LogP contribution in [0.5, 0.6) is 11.5 Å². The maximum atomic E-state index is 5.74. The zero-order valence-electron chi connectivity index (χ0n) is 11.9. The lowest BCUT2D eigenvalue weighted by Crippen LogP contribution is -2.29. The summed E-state index contributed by atoms with van der Waals surface area (Å²) in [7, 11) is 0. The quantitative estimate of drug-likeness (QED) is 0.669. The molecule has 0 saturated carbocycles. The van der Waals surface area contributed by atoms with E-state index in [1.807, 2.05) is 36.4 Å². The van der Waals surface area contributed by atoms with Crippen LogP contribution in [0.15, 0.2) is 48.5 Å². The van der Waals surface area contributed by atoms with Gasteiger partial charge in [-0.1, -0.05) is 36.4 Å². The van der Waals surface area contributed by atoms with E-state index < -0.39 is 0 Å². The van der Waals surface area contributed by atoms with Crippen LogP contribution in [0.2, 0.25) is 0 Å². The average Bonchev–Trinajstić information content (AvgIpc) is 2.78. The molecule has 2 aromatic rings. The largest absolute Gasteiger partial charge is 0.490 e. The normalized spacial score (nSPS) is 15.3. The van der Waals surface area contributed by atoms with Gasteiger partial charge in [0.25, 0.3) is 0 Å². The number of ether oxygens (including phenoxy) is 2. The fourth-order valence-corrected chi connectivity index (χ4v) is 2.52. The lowest BCUT2D eigenvalue weighted by Gasteiger charge is -2.18. The Hall–Kier alpha value is -2.04. The molecule has 0 radical (unpaired) electrons. The van der Waals surface area contributed by atoms with Crippen LogP contribution in [0.3, 0.4) is 0 Å². The topological polar surface area (TPSA) is 56.5 Å². The Bertz CT molecular complexity index is 587. The van der Waals surface area contributed by atoms with Crippen LogP contribution in [-0.4, -0.2) is 13.2 Å². The van der Waals surface area contributed by atoms with E-state index in [9.17, 15) is 0 Å². The number of nitrogens with one attached hydrogen (secondary N) is 1. The van der Waals surface area contributed by atoms with Crippen molar-refractivity contribution in [2.24, 2.45) is 5.84 Å². The molecule has 1 heterocycles. The van der Waals surface area contributed by atoms with E-state index in [-0.39, 0.29) is 6.04 Å². The van der Waals surface area contributed by atoms with Crippen molar-refractivity contribution in [2.75, 3.05) is 13.2 Å².